The first-order valence-corrected chi connectivity index (χ1v) is 23.3. The number of nitrogens with zero attached hydrogens (tertiary/aromatic N) is 6. The Hall–Kier alpha value is -7.24. The number of nitrogens with one attached hydrogen (secondary N) is 3. The average molecular weight is 996 g/mol. The summed E-state index contributed by atoms with van der Waals surface area (Å²) in [7, 11) is 1.58. The van der Waals surface area contributed by atoms with E-state index in [1.165, 1.54) is 31.0 Å². The van der Waals surface area contributed by atoms with Gasteiger partial charge in [-0.3, -0.25) is 29.1 Å². The van der Waals surface area contributed by atoms with Crippen LogP contribution >= 0.6 is 12.2 Å². The third kappa shape index (κ3) is 11.1. The standard InChI is InChI=1S/C51H53F4N9O6S/c1-49(2,3)43(46(67)62-23-9-10-39(62)44-59-28-37(60-44)31-11-13-32(14-12-31)45(66)57-6)61-40(65)29-69-24-7-8-25-70-35-19-15-30(16-20-35)36-21-18-34(27-58-36)64-48(71)63(47(68)50(64,4)5)38-22-17-33(26-56)41(42(38)52)51(53,54)55/h11-22,27-28,39,43H,7-10,23-25,29H2,1-6H3,(H,57,66)(H,59,60)(H,61,65)/t39?,43-/m1/s1. The summed E-state index contributed by atoms with van der Waals surface area (Å²) in [4.78, 5) is 69.2. The van der Waals surface area contributed by atoms with Gasteiger partial charge in [-0.1, -0.05) is 32.9 Å². The topological polar surface area (TPSA) is 186 Å². The van der Waals surface area contributed by atoms with Crippen LogP contribution < -0.4 is 25.2 Å². The number of ether oxygens (including phenoxy) is 2. The Morgan fingerprint density at radius 1 is 0.972 bits per heavy atom. The number of hydrogen-bond donors (Lipinski definition) is 3. The number of H-pyrrole nitrogens is 1. The zero-order valence-electron chi connectivity index (χ0n) is 39.9. The first-order valence-electron chi connectivity index (χ1n) is 22.9. The van der Waals surface area contributed by atoms with Crippen molar-refractivity contribution in [1.82, 2.24) is 30.5 Å². The van der Waals surface area contributed by atoms with Crippen LogP contribution in [0.4, 0.5) is 28.9 Å². The number of unbranched alkanes of at least 4 members (excludes halogenated alkanes) is 1. The minimum atomic E-state index is -5.19. The van der Waals surface area contributed by atoms with Crippen molar-refractivity contribution in [3.63, 3.8) is 0 Å². The van der Waals surface area contributed by atoms with Crippen LogP contribution in [-0.2, 0) is 25.3 Å². The number of amides is 4. The fourth-order valence-electron chi connectivity index (χ4n) is 8.54. The summed E-state index contributed by atoms with van der Waals surface area (Å²) in [5.74, 6) is -2.07. The Kier molecular flexibility index (Phi) is 15.3. The van der Waals surface area contributed by atoms with Crippen molar-refractivity contribution >= 4 is 52.3 Å². The highest BCUT2D eigenvalue weighted by Gasteiger charge is 2.52. The van der Waals surface area contributed by atoms with Gasteiger partial charge in [0.15, 0.2) is 10.9 Å². The number of hydrogen-bond acceptors (Lipinski definition) is 10. The molecule has 2 atom stereocenters. The van der Waals surface area contributed by atoms with Crippen molar-refractivity contribution in [3.8, 4) is 34.3 Å². The Balaban J connectivity index is 0.860. The largest absolute Gasteiger partial charge is 0.494 e. The van der Waals surface area contributed by atoms with E-state index in [2.05, 4.69) is 20.6 Å². The van der Waals surface area contributed by atoms with Crippen molar-refractivity contribution in [3.05, 3.63) is 114 Å². The second-order valence-electron chi connectivity index (χ2n) is 18.7. The molecule has 4 amide bonds. The van der Waals surface area contributed by atoms with Gasteiger partial charge in [0.1, 0.15) is 35.3 Å². The molecular formula is C51H53F4N9O6S. The molecule has 5 aromatic rings. The molecule has 0 radical (unpaired) electrons. The molecule has 7 rings (SSSR count). The Morgan fingerprint density at radius 3 is 2.28 bits per heavy atom. The molecule has 3 aromatic carbocycles. The number of anilines is 2. The van der Waals surface area contributed by atoms with E-state index in [0.717, 1.165) is 29.7 Å². The molecule has 3 N–H and O–H groups in total. The zero-order valence-corrected chi connectivity index (χ0v) is 40.8. The molecule has 0 spiro atoms. The monoisotopic (exact) mass is 995 g/mol. The number of alkyl halides is 3. The van der Waals surface area contributed by atoms with Gasteiger partial charge in [0.2, 0.25) is 11.8 Å². The summed E-state index contributed by atoms with van der Waals surface area (Å²) in [5, 5.41) is 14.4. The summed E-state index contributed by atoms with van der Waals surface area (Å²) in [6.07, 6.45) is 0.792. The lowest BCUT2D eigenvalue weighted by molar-refractivity contribution is -0.141. The van der Waals surface area contributed by atoms with Gasteiger partial charge in [-0.2, -0.15) is 18.4 Å². The molecule has 0 bridgehead atoms. The minimum Gasteiger partial charge on any atom is -0.494 e. The highest BCUT2D eigenvalue weighted by atomic mass is 32.1. The number of aromatic nitrogens is 3. The van der Waals surface area contributed by atoms with Crippen LogP contribution in [0.1, 0.15) is 93.7 Å². The molecule has 4 heterocycles. The third-order valence-corrected chi connectivity index (χ3v) is 12.7. The molecule has 0 saturated carbocycles. The SMILES string of the molecule is CNC(=O)c1ccc(-c2c[nH]c(C3CCCN3C(=O)[C@@H](NC(=O)COCCCCOc3ccc(-c4ccc(N5C(=S)N(c6ccc(C#N)c(C(F)(F)F)c6F)C(=O)C5(C)C)cn4)cc3)C(C)(C)C)n2)cc1. The number of imidazole rings is 1. The molecule has 2 aromatic heterocycles. The number of halogens is 4. The predicted octanol–water partition coefficient (Wildman–Crippen LogP) is 8.51. The molecular weight excluding hydrogens is 943 g/mol. The number of likely N-dealkylation sites (tertiary alicyclic amines) is 1. The maximum Gasteiger partial charge on any atom is 0.420 e. The lowest BCUT2D eigenvalue weighted by Crippen LogP contribution is -2.55. The molecule has 2 aliphatic rings. The summed E-state index contributed by atoms with van der Waals surface area (Å²) in [6.45, 7) is 9.70. The molecule has 2 aliphatic heterocycles. The first-order chi connectivity index (χ1) is 33.6. The van der Waals surface area contributed by atoms with Gasteiger partial charge >= 0.3 is 6.18 Å². The number of rotatable bonds is 16. The second kappa shape index (κ2) is 21.0. The fraction of sp³-hybridized carbons (Fsp3) is 0.373. The molecule has 20 heteroatoms. The van der Waals surface area contributed by atoms with Crippen molar-refractivity contribution < 1.29 is 46.2 Å². The molecule has 372 valence electrons. The predicted molar refractivity (Wildman–Crippen MR) is 260 cm³/mol. The van der Waals surface area contributed by atoms with Gasteiger partial charge in [-0.15, -0.1) is 0 Å². The second-order valence-corrected chi connectivity index (χ2v) is 19.0. The van der Waals surface area contributed by atoms with E-state index in [0.29, 0.717) is 78.1 Å². The fourth-order valence-corrected chi connectivity index (χ4v) is 9.06. The smallest absolute Gasteiger partial charge is 0.420 e. The van der Waals surface area contributed by atoms with Gasteiger partial charge in [-0.25, -0.2) is 9.37 Å². The van der Waals surface area contributed by atoms with E-state index in [4.69, 9.17) is 26.7 Å². The molecule has 71 heavy (non-hydrogen) atoms. The van der Waals surface area contributed by atoms with E-state index in [-0.39, 0.29) is 29.6 Å². The highest BCUT2D eigenvalue weighted by molar-refractivity contribution is 7.81. The van der Waals surface area contributed by atoms with Crippen molar-refractivity contribution in [2.75, 3.05) is 43.2 Å². The van der Waals surface area contributed by atoms with Crippen LogP contribution in [0.5, 0.6) is 5.75 Å². The van der Waals surface area contributed by atoms with E-state index >= 15 is 4.39 Å². The van der Waals surface area contributed by atoms with Gasteiger partial charge in [0, 0.05) is 43.1 Å². The normalized spacial score (nSPS) is 16.2. The first kappa shape index (κ1) is 51.6. The van der Waals surface area contributed by atoms with Gasteiger partial charge in [0.05, 0.1) is 53.2 Å². The summed E-state index contributed by atoms with van der Waals surface area (Å²) < 4.78 is 68.4. The Bertz CT molecular complexity index is 2840. The minimum absolute atomic E-state index is 0.180. The zero-order chi connectivity index (χ0) is 51.4. The molecule has 2 fully saturated rings. The summed E-state index contributed by atoms with van der Waals surface area (Å²) >= 11 is 5.54. The molecule has 15 nitrogen and oxygen atoms in total. The Morgan fingerprint density at radius 2 is 1.65 bits per heavy atom. The van der Waals surface area contributed by atoms with Gasteiger partial charge in [-0.05, 0) is 118 Å². The lowest BCUT2D eigenvalue weighted by Gasteiger charge is -2.35. The van der Waals surface area contributed by atoms with Crippen LogP contribution in [0.3, 0.4) is 0 Å². The van der Waals surface area contributed by atoms with Crippen LogP contribution in [0.25, 0.3) is 22.5 Å². The quantitative estimate of drug-likeness (QED) is 0.0489. The number of aromatic amines is 1. The molecule has 0 aliphatic carbocycles. The molecule has 2 saturated heterocycles. The number of thiocarbonyl (C=S) groups is 1. The average Bonchev–Trinajstić information content (AvgIpc) is 4.07. The van der Waals surface area contributed by atoms with Crippen LogP contribution in [0, 0.1) is 22.6 Å². The van der Waals surface area contributed by atoms with Crippen LogP contribution in [0.2, 0.25) is 0 Å². The number of pyridine rings is 1. The van der Waals surface area contributed by atoms with E-state index in [1.807, 2.05) is 45.0 Å². The van der Waals surface area contributed by atoms with Gasteiger partial charge < -0.3 is 34.9 Å². The highest BCUT2D eigenvalue weighted by Crippen LogP contribution is 2.42. The van der Waals surface area contributed by atoms with E-state index in [1.54, 1.807) is 54.5 Å². The van der Waals surface area contributed by atoms with Crippen molar-refractivity contribution in [2.24, 2.45) is 5.41 Å². The summed E-state index contributed by atoms with van der Waals surface area (Å²) in [6, 6.07) is 19.6. The maximum absolute atomic E-state index is 15.4. The Labute approximate surface area is 413 Å². The lowest BCUT2D eigenvalue weighted by atomic mass is 9.85. The van der Waals surface area contributed by atoms with Crippen LogP contribution in [-0.4, -0.2) is 93.6 Å². The summed E-state index contributed by atoms with van der Waals surface area (Å²) in [5.41, 5.74) is -1.75. The molecule has 1 unspecified atom stereocenters. The third-order valence-electron chi connectivity index (χ3n) is 12.3. The number of carbonyl (C=O) groups excluding carboxylic acids is 4. The van der Waals surface area contributed by atoms with Crippen molar-refractivity contribution in [2.45, 2.75) is 84.1 Å². The van der Waals surface area contributed by atoms with Crippen molar-refractivity contribution in [1.29, 1.82) is 5.26 Å². The van der Waals surface area contributed by atoms with Crippen LogP contribution in [0.15, 0.2) is 85.2 Å². The number of benzene rings is 3. The van der Waals surface area contributed by atoms with E-state index < -0.39 is 57.6 Å². The van der Waals surface area contributed by atoms with E-state index in [9.17, 15) is 37.6 Å². The number of carbonyl (C=O) groups is 4. The maximum atomic E-state index is 15.4. The van der Waals surface area contributed by atoms with Gasteiger partial charge in [0.25, 0.3) is 11.8 Å². The number of nitriles is 1.